The molecule has 0 unspecified atom stereocenters. The van der Waals surface area contributed by atoms with Crippen LogP contribution in [0.25, 0.3) is 0 Å². The van der Waals surface area contributed by atoms with Crippen LogP contribution >= 0.6 is 0 Å². The predicted octanol–water partition coefficient (Wildman–Crippen LogP) is 1.30. The molecule has 1 rings (SSSR count). The van der Waals surface area contributed by atoms with Crippen molar-refractivity contribution in [2.24, 2.45) is 0 Å². The lowest BCUT2D eigenvalue weighted by Crippen LogP contribution is -2.23. The summed E-state index contributed by atoms with van der Waals surface area (Å²) in [5, 5.41) is 0. The molecule has 0 aliphatic heterocycles. The summed E-state index contributed by atoms with van der Waals surface area (Å²) in [6, 6.07) is 3.34. The lowest BCUT2D eigenvalue weighted by Gasteiger charge is -2.07. The monoisotopic (exact) mass is 245 g/mol. The fourth-order valence-corrected chi connectivity index (χ4v) is 2.07. The maximum absolute atomic E-state index is 13.1. The predicted molar refractivity (Wildman–Crippen MR) is 58.3 cm³/mol. The number of methoxy groups -OCH3 is 1. The molecule has 0 saturated carbocycles. The Morgan fingerprint density at radius 3 is 2.81 bits per heavy atom. The van der Waals surface area contributed by atoms with Crippen molar-refractivity contribution in [2.75, 3.05) is 13.7 Å². The molecule has 0 bridgehead atoms. The second kappa shape index (κ2) is 5.09. The summed E-state index contributed by atoms with van der Waals surface area (Å²) in [6.45, 7) is 3.51. The van der Waals surface area contributed by atoms with Gasteiger partial charge in [-0.3, -0.25) is 0 Å². The molecule has 0 aliphatic carbocycles. The van der Waals surface area contributed by atoms with E-state index in [1.807, 2.05) is 0 Å². The van der Waals surface area contributed by atoms with Crippen LogP contribution in [0.15, 0.2) is 35.7 Å². The summed E-state index contributed by atoms with van der Waals surface area (Å²) < 4.78 is 43.3. The van der Waals surface area contributed by atoms with Crippen molar-refractivity contribution in [2.45, 2.75) is 4.90 Å². The molecular formula is C10H12FNO3S. The van der Waals surface area contributed by atoms with Gasteiger partial charge < -0.3 is 4.74 Å². The zero-order chi connectivity index (χ0) is 12.2. The highest BCUT2D eigenvalue weighted by Gasteiger charge is 2.15. The highest BCUT2D eigenvalue weighted by Crippen LogP contribution is 2.20. The van der Waals surface area contributed by atoms with Gasteiger partial charge in [0.25, 0.3) is 0 Å². The van der Waals surface area contributed by atoms with Crippen LogP contribution in [0.1, 0.15) is 0 Å². The van der Waals surface area contributed by atoms with E-state index < -0.39 is 15.8 Å². The number of hydrogen-bond acceptors (Lipinski definition) is 3. The summed E-state index contributed by atoms with van der Waals surface area (Å²) >= 11 is 0. The average molecular weight is 245 g/mol. The summed E-state index contributed by atoms with van der Waals surface area (Å²) in [6.07, 6.45) is 1.41. The van der Waals surface area contributed by atoms with Gasteiger partial charge in [0.2, 0.25) is 10.0 Å². The number of hydrogen-bond donors (Lipinski definition) is 1. The lowest BCUT2D eigenvalue weighted by molar-refractivity contribution is 0.385. The summed E-state index contributed by atoms with van der Waals surface area (Å²) in [4.78, 5) is -0.0485. The van der Waals surface area contributed by atoms with Gasteiger partial charge in [0.1, 0.15) is 0 Å². The molecule has 0 aliphatic rings. The number of halogens is 1. The van der Waals surface area contributed by atoms with Gasteiger partial charge >= 0.3 is 0 Å². The smallest absolute Gasteiger partial charge is 0.240 e. The van der Waals surface area contributed by atoms with E-state index in [9.17, 15) is 12.8 Å². The van der Waals surface area contributed by atoms with Crippen LogP contribution in [0.4, 0.5) is 4.39 Å². The first-order chi connectivity index (χ1) is 7.51. The minimum atomic E-state index is -3.64. The molecule has 0 amide bonds. The van der Waals surface area contributed by atoms with Gasteiger partial charge in [-0.05, 0) is 12.1 Å². The average Bonchev–Trinajstić information content (AvgIpc) is 2.27. The second-order valence-electron chi connectivity index (χ2n) is 2.94. The number of ether oxygens (including phenoxy) is 1. The van der Waals surface area contributed by atoms with E-state index in [4.69, 9.17) is 4.74 Å². The van der Waals surface area contributed by atoms with Crippen LogP contribution in [0.5, 0.6) is 5.75 Å². The highest BCUT2D eigenvalue weighted by molar-refractivity contribution is 7.89. The Balaban J connectivity index is 3.09. The SMILES string of the molecule is C=CCNS(=O)(=O)c1ccc(F)c(OC)c1. The Bertz CT molecular complexity index is 485. The molecule has 0 heterocycles. The van der Waals surface area contributed by atoms with E-state index in [0.29, 0.717) is 0 Å². The maximum atomic E-state index is 13.1. The summed E-state index contributed by atoms with van der Waals surface area (Å²) in [7, 11) is -2.37. The number of rotatable bonds is 5. The van der Waals surface area contributed by atoms with Gasteiger partial charge in [-0.25, -0.2) is 17.5 Å². The van der Waals surface area contributed by atoms with Gasteiger partial charge in [0.05, 0.1) is 12.0 Å². The van der Waals surface area contributed by atoms with Crippen LogP contribution in [0, 0.1) is 5.82 Å². The van der Waals surface area contributed by atoms with Gasteiger partial charge in [-0.15, -0.1) is 6.58 Å². The first kappa shape index (κ1) is 12.7. The molecule has 0 spiro atoms. The van der Waals surface area contributed by atoms with Crippen molar-refractivity contribution in [3.63, 3.8) is 0 Å². The molecule has 0 saturated heterocycles. The molecular weight excluding hydrogens is 233 g/mol. The largest absolute Gasteiger partial charge is 0.494 e. The van der Waals surface area contributed by atoms with Crippen molar-refractivity contribution in [1.29, 1.82) is 0 Å². The van der Waals surface area contributed by atoms with E-state index in [-0.39, 0.29) is 17.2 Å². The topological polar surface area (TPSA) is 55.4 Å². The molecule has 16 heavy (non-hydrogen) atoms. The lowest BCUT2D eigenvalue weighted by atomic mass is 10.3. The third-order valence-electron chi connectivity index (χ3n) is 1.85. The molecule has 6 heteroatoms. The molecule has 0 atom stereocenters. The normalized spacial score (nSPS) is 11.1. The van der Waals surface area contributed by atoms with Gasteiger partial charge in [-0.1, -0.05) is 6.08 Å². The highest BCUT2D eigenvalue weighted by atomic mass is 32.2. The van der Waals surface area contributed by atoms with Crippen molar-refractivity contribution in [3.8, 4) is 5.75 Å². The van der Waals surface area contributed by atoms with E-state index >= 15 is 0 Å². The van der Waals surface area contributed by atoms with E-state index in [1.54, 1.807) is 0 Å². The first-order valence-electron chi connectivity index (χ1n) is 4.45. The quantitative estimate of drug-likeness (QED) is 0.795. The summed E-state index contributed by atoms with van der Waals surface area (Å²) in [5.74, 6) is -0.716. The number of benzene rings is 1. The maximum Gasteiger partial charge on any atom is 0.240 e. The van der Waals surface area contributed by atoms with Crippen molar-refractivity contribution in [3.05, 3.63) is 36.7 Å². The second-order valence-corrected chi connectivity index (χ2v) is 4.70. The molecule has 0 fully saturated rings. The Morgan fingerprint density at radius 2 is 2.25 bits per heavy atom. The van der Waals surface area contributed by atoms with Crippen molar-refractivity contribution < 1.29 is 17.5 Å². The van der Waals surface area contributed by atoms with Crippen molar-refractivity contribution >= 4 is 10.0 Å². The molecule has 1 aromatic carbocycles. The van der Waals surface area contributed by atoms with Crippen LogP contribution in [0.3, 0.4) is 0 Å². The van der Waals surface area contributed by atoms with Gasteiger partial charge in [0.15, 0.2) is 11.6 Å². The fourth-order valence-electron chi connectivity index (χ4n) is 1.06. The number of nitrogens with one attached hydrogen (secondary N) is 1. The minimum Gasteiger partial charge on any atom is -0.494 e. The van der Waals surface area contributed by atoms with E-state index in [2.05, 4.69) is 11.3 Å². The molecule has 0 aromatic heterocycles. The number of sulfonamides is 1. The Hall–Kier alpha value is -1.40. The molecule has 1 N–H and O–H groups in total. The van der Waals surface area contributed by atoms with Gasteiger partial charge in [-0.2, -0.15) is 0 Å². The zero-order valence-corrected chi connectivity index (χ0v) is 9.55. The van der Waals surface area contributed by atoms with Crippen LogP contribution in [-0.4, -0.2) is 22.1 Å². The van der Waals surface area contributed by atoms with Crippen LogP contribution < -0.4 is 9.46 Å². The molecule has 0 radical (unpaired) electrons. The van der Waals surface area contributed by atoms with Crippen LogP contribution in [-0.2, 0) is 10.0 Å². The minimum absolute atomic E-state index is 0.0485. The summed E-state index contributed by atoms with van der Waals surface area (Å²) in [5.41, 5.74) is 0. The van der Waals surface area contributed by atoms with E-state index in [0.717, 1.165) is 12.1 Å². The standard InChI is InChI=1S/C10H12FNO3S/c1-3-6-12-16(13,14)8-4-5-9(11)10(7-8)15-2/h3-5,7,12H,1,6H2,2H3. The molecule has 88 valence electrons. The zero-order valence-electron chi connectivity index (χ0n) is 8.73. The first-order valence-corrected chi connectivity index (χ1v) is 5.93. The van der Waals surface area contributed by atoms with Gasteiger partial charge in [0, 0.05) is 12.6 Å². The Kier molecular flexibility index (Phi) is 4.03. The molecule has 1 aromatic rings. The Morgan fingerprint density at radius 1 is 1.56 bits per heavy atom. The molecule has 4 nitrogen and oxygen atoms in total. The fraction of sp³-hybridized carbons (Fsp3) is 0.200. The van der Waals surface area contributed by atoms with E-state index in [1.165, 1.54) is 19.3 Å². The van der Waals surface area contributed by atoms with Crippen molar-refractivity contribution in [1.82, 2.24) is 4.72 Å². The third kappa shape index (κ3) is 2.80. The Labute approximate surface area is 93.8 Å². The third-order valence-corrected chi connectivity index (χ3v) is 3.27. The van der Waals surface area contributed by atoms with Crippen LogP contribution in [0.2, 0.25) is 0 Å².